The van der Waals surface area contributed by atoms with Gasteiger partial charge >= 0.3 is 7.40 Å². The molecule has 0 saturated carbocycles. The zero-order chi connectivity index (χ0) is 9.54. The molecule has 1 aromatic carbocycles. The van der Waals surface area contributed by atoms with Gasteiger partial charge in [-0.1, -0.05) is 18.2 Å². The molecule has 3 rings (SSSR count). The maximum atomic E-state index is 13.0. The normalized spacial score (nSPS) is 17.8. The largest absolute Gasteiger partial charge is 0.830 e. The van der Waals surface area contributed by atoms with Gasteiger partial charge in [0.25, 0.3) is 0 Å². The second kappa shape index (κ2) is 2.77. The Hall–Kier alpha value is -1.45. The van der Waals surface area contributed by atoms with Crippen LogP contribution in [0.4, 0.5) is 4.32 Å². The Balaban J connectivity index is 2.40. The smallest absolute Gasteiger partial charge is 0.500 e. The first-order valence-corrected chi connectivity index (χ1v) is 4.64. The van der Waals surface area contributed by atoms with Crippen LogP contribution in [0.3, 0.4) is 0 Å². The lowest BCUT2D eigenvalue weighted by Gasteiger charge is -2.21. The van der Waals surface area contributed by atoms with E-state index in [9.17, 15) is 4.32 Å². The molecule has 0 aromatic heterocycles. The summed E-state index contributed by atoms with van der Waals surface area (Å²) < 4.78 is 22.9. The van der Waals surface area contributed by atoms with E-state index in [2.05, 4.69) is 6.08 Å². The Bertz CT molecular complexity index is 497. The topological polar surface area (TPSA) is 18.5 Å². The highest BCUT2D eigenvalue weighted by atomic mass is 19.1. The van der Waals surface area contributed by atoms with Gasteiger partial charge < -0.3 is 9.31 Å². The molecule has 1 aliphatic heterocycles. The monoisotopic (exact) mass is 190 g/mol. The molecule has 0 bridgehead atoms. The van der Waals surface area contributed by atoms with Gasteiger partial charge in [0.05, 0.1) is 11.0 Å². The summed E-state index contributed by atoms with van der Waals surface area (Å²) >= 11 is 0. The molecule has 2 aliphatic rings. The standard InChI is InChI=1S/C10H8BFO2/c12-11-13-8-5-1-3-7-4-2-6-9(14-11)10(7)8/h1,3-5H,2,6H2. The van der Waals surface area contributed by atoms with Crippen LogP contribution >= 0.6 is 0 Å². The van der Waals surface area contributed by atoms with Gasteiger partial charge in [-0.25, -0.2) is 4.32 Å². The van der Waals surface area contributed by atoms with E-state index >= 15 is 0 Å². The van der Waals surface area contributed by atoms with Crippen molar-refractivity contribution in [3.63, 3.8) is 0 Å². The summed E-state index contributed by atoms with van der Waals surface area (Å²) in [5, 5.41) is 2.00. The van der Waals surface area contributed by atoms with Crippen molar-refractivity contribution >= 4 is 19.2 Å². The first-order valence-electron chi connectivity index (χ1n) is 4.64. The summed E-state index contributed by atoms with van der Waals surface area (Å²) in [6, 6.07) is 5.63. The fourth-order valence-electron chi connectivity index (χ4n) is 1.95. The summed E-state index contributed by atoms with van der Waals surface area (Å²) in [4.78, 5) is 0. The highest BCUT2D eigenvalue weighted by Gasteiger charge is 2.31. The predicted octanol–water partition coefficient (Wildman–Crippen LogP) is 0.732. The first kappa shape index (κ1) is 7.91. The summed E-state index contributed by atoms with van der Waals surface area (Å²) in [7, 11) is -1.65. The zero-order valence-corrected chi connectivity index (χ0v) is 7.50. The Kier molecular flexibility index (Phi) is 1.57. The Morgan fingerprint density at radius 3 is 3.14 bits per heavy atom. The van der Waals surface area contributed by atoms with Gasteiger partial charge in [-0.3, -0.25) is 0 Å². The van der Waals surface area contributed by atoms with Gasteiger partial charge in [-0.2, -0.15) is 0 Å². The third-order valence-corrected chi connectivity index (χ3v) is 2.53. The van der Waals surface area contributed by atoms with Crippen LogP contribution in [0.25, 0.3) is 11.8 Å². The number of rotatable bonds is 0. The maximum absolute atomic E-state index is 13.0. The van der Waals surface area contributed by atoms with E-state index in [1.807, 2.05) is 12.1 Å². The molecule has 14 heavy (non-hydrogen) atoms. The lowest BCUT2D eigenvalue weighted by molar-refractivity contribution is 0.309. The van der Waals surface area contributed by atoms with Crippen LogP contribution in [0.5, 0.6) is 5.75 Å². The second-order valence-corrected chi connectivity index (χ2v) is 3.40. The average Bonchev–Trinajstić information content (AvgIpc) is 2.18. The molecule has 0 N–H and O–H groups in total. The predicted molar refractivity (Wildman–Crippen MR) is 51.4 cm³/mol. The van der Waals surface area contributed by atoms with Crippen LogP contribution in [0.2, 0.25) is 0 Å². The molecule has 70 valence electrons. The van der Waals surface area contributed by atoms with Crippen molar-refractivity contribution in [1.82, 2.24) is 0 Å². The third-order valence-electron chi connectivity index (χ3n) is 2.53. The first-order chi connectivity index (χ1) is 6.84. The van der Waals surface area contributed by atoms with Crippen molar-refractivity contribution in [2.24, 2.45) is 0 Å². The summed E-state index contributed by atoms with van der Waals surface area (Å²) in [5.41, 5.74) is 0. The number of benzene rings is 1. The molecule has 0 spiro atoms. The van der Waals surface area contributed by atoms with Gasteiger partial charge in [-0.15, -0.1) is 0 Å². The number of halogens is 1. The van der Waals surface area contributed by atoms with Gasteiger partial charge in [0.1, 0.15) is 5.75 Å². The van der Waals surface area contributed by atoms with E-state index in [0.29, 0.717) is 5.75 Å². The molecular weight excluding hydrogens is 182 g/mol. The highest BCUT2D eigenvalue weighted by Crippen LogP contribution is 2.19. The summed E-state index contributed by atoms with van der Waals surface area (Å²) in [5.74, 6) is 1.31. The highest BCUT2D eigenvalue weighted by molar-refractivity contribution is 6.38. The van der Waals surface area contributed by atoms with Crippen molar-refractivity contribution in [3.8, 4) is 5.75 Å². The van der Waals surface area contributed by atoms with E-state index in [1.54, 1.807) is 6.07 Å². The van der Waals surface area contributed by atoms with Crippen molar-refractivity contribution in [1.29, 1.82) is 0 Å². The molecule has 0 unspecified atom stereocenters. The SMILES string of the molecule is FB1OC2=c3c(cccc3=CCC2)O1. The van der Waals surface area contributed by atoms with E-state index in [4.69, 9.17) is 9.31 Å². The lowest BCUT2D eigenvalue weighted by atomic mass is 10.0. The van der Waals surface area contributed by atoms with Crippen molar-refractivity contribution in [3.05, 3.63) is 28.6 Å². The zero-order valence-electron chi connectivity index (χ0n) is 7.50. The summed E-state index contributed by atoms with van der Waals surface area (Å²) in [6.45, 7) is 0. The molecule has 0 radical (unpaired) electrons. The maximum Gasteiger partial charge on any atom is 0.830 e. The van der Waals surface area contributed by atoms with Crippen LogP contribution in [0.15, 0.2) is 18.2 Å². The fourth-order valence-corrected chi connectivity index (χ4v) is 1.95. The molecule has 4 heteroatoms. The van der Waals surface area contributed by atoms with E-state index < -0.39 is 7.40 Å². The Labute approximate surface area is 80.8 Å². The molecule has 0 atom stereocenters. The van der Waals surface area contributed by atoms with Crippen LogP contribution in [0, 0.1) is 0 Å². The fraction of sp³-hybridized carbons (Fsp3) is 0.200. The molecule has 2 nitrogen and oxygen atoms in total. The molecule has 0 saturated heterocycles. The minimum absolute atomic E-state index is 0.590. The van der Waals surface area contributed by atoms with Crippen molar-refractivity contribution < 1.29 is 13.6 Å². The Morgan fingerprint density at radius 2 is 2.21 bits per heavy atom. The van der Waals surface area contributed by atoms with Crippen LogP contribution in [0.1, 0.15) is 12.8 Å². The van der Waals surface area contributed by atoms with Gasteiger partial charge in [-0.05, 0) is 17.7 Å². The quantitative estimate of drug-likeness (QED) is 0.561. The van der Waals surface area contributed by atoms with Crippen LogP contribution in [-0.2, 0) is 4.65 Å². The summed E-state index contributed by atoms with van der Waals surface area (Å²) in [6.07, 6.45) is 3.78. The number of hydrogen-bond donors (Lipinski definition) is 0. The molecule has 1 heterocycles. The van der Waals surface area contributed by atoms with Crippen molar-refractivity contribution in [2.45, 2.75) is 12.8 Å². The van der Waals surface area contributed by atoms with E-state index in [1.165, 1.54) is 0 Å². The average molecular weight is 190 g/mol. The Morgan fingerprint density at radius 1 is 1.29 bits per heavy atom. The van der Waals surface area contributed by atoms with Gasteiger partial charge in [0.2, 0.25) is 0 Å². The minimum atomic E-state index is -1.65. The molecule has 0 amide bonds. The van der Waals surface area contributed by atoms with Crippen molar-refractivity contribution in [2.75, 3.05) is 0 Å². The van der Waals surface area contributed by atoms with E-state index in [-0.39, 0.29) is 0 Å². The van der Waals surface area contributed by atoms with Gasteiger partial charge in [0.15, 0.2) is 0 Å². The number of hydrogen-bond acceptors (Lipinski definition) is 2. The van der Waals surface area contributed by atoms with Gasteiger partial charge in [0, 0.05) is 6.42 Å². The third kappa shape index (κ3) is 1.03. The molecule has 1 aromatic rings. The van der Waals surface area contributed by atoms with Crippen LogP contribution in [-0.4, -0.2) is 7.40 Å². The molecular formula is C10H8BFO2. The minimum Gasteiger partial charge on any atom is -0.500 e. The molecule has 0 fully saturated rings. The van der Waals surface area contributed by atoms with E-state index in [0.717, 1.165) is 29.0 Å². The molecule has 1 aliphatic carbocycles. The second-order valence-electron chi connectivity index (χ2n) is 3.40. The lowest BCUT2D eigenvalue weighted by Crippen LogP contribution is -2.40. The van der Waals surface area contributed by atoms with Crippen LogP contribution < -0.4 is 15.1 Å².